The van der Waals surface area contributed by atoms with E-state index in [1.54, 1.807) is 16.4 Å². The van der Waals surface area contributed by atoms with Gasteiger partial charge in [0.15, 0.2) is 0 Å². The fraction of sp³-hybridized carbons (Fsp3) is 0.692. The van der Waals surface area contributed by atoms with Gasteiger partial charge in [0.1, 0.15) is 4.21 Å². The van der Waals surface area contributed by atoms with E-state index in [0.717, 1.165) is 11.3 Å². The van der Waals surface area contributed by atoms with E-state index in [1.165, 1.54) is 0 Å². The summed E-state index contributed by atoms with van der Waals surface area (Å²) in [5.74, 6) is 0.566. The Bertz CT molecular complexity index is 482. The standard InChI is InChI=1S/C13H23NO3S2/c1-10(2)7-14(8-11(3)4)19(16,17)13-6-5-12(9-15)18-13/h5-6,10-11,15H,7-9H2,1-4H3. The molecule has 0 aliphatic carbocycles. The highest BCUT2D eigenvalue weighted by molar-refractivity contribution is 7.91. The summed E-state index contributed by atoms with van der Waals surface area (Å²) in [6.07, 6.45) is 0. The first kappa shape index (κ1) is 16.6. The van der Waals surface area contributed by atoms with Gasteiger partial charge in [0, 0.05) is 18.0 Å². The molecule has 1 N–H and O–H groups in total. The van der Waals surface area contributed by atoms with Gasteiger partial charge in [0.25, 0.3) is 10.0 Å². The number of rotatable bonds is 7. The third-order valence-corrected chi connectivity index (χ3v) is 5.89. The van der Waals surface area contributed by atoms with Gasteiger partial charge in [-0.2, -0.15) is 4.31 Å². The summed E-state index contributed by atoms with van der Waals surface area (Å²) < 4.78 is 27.0. The molecule has 1 aromatic heterocycles. The van der Waals surface area contributed by atoms with Crippen LogP contribution in [0.1, 0.15) is 32.6 Å². The molecule has 0 saturated heterocycles. The van der Waals surface area contributed by atoms with E-state index in [0.29, 0.717) is 22.2 Å². The molecule has 4 nitrogen and oxygen atoms in total. The molecule has 6 heteroatoms. The van der Waals surface area contributed by atoms with Gasteiger partial charge in [-0.15, -0.1) is 11.3 Å². The quantitative estimate of drug-likeness (QED) is 0.842. The molecule has 0 bridgehead atoms. The van der Waals surface area contributed by atoms with Gasteiger partial charge in [-0.05, 0) is 24.0 Å². The molecule has 1 aromatic rings. The van der Waals surface area contributed by atoms with Gasteiger partial charge in [0.2, 0.25) is 0 Å². The molecular weight excluding hydrogens is 282 g/mol. The number of sulfonamides is 1. The number of aliphatic hydroxyl groups excluding tert-OH is 1. The van der Waals surface area contributed by atoms with E-state index in [9.17, 15) is 8.42 Å². The highest BCUT2D eigenvalue weighted by Gasteiger charge is 2.27. The predicted octanol–water partition coefficient (Wildman–Crippen LogP) is 2.54. The van der Waals surface area contributed by atoms with Gasteiger partial charge >= 0.3 is 0 Å². The molecule has 0 spiro atoms. The minimum Gasteiger partial charge on any atom is -0.391 e. The maximum Gasteiger partial charge on any atom is 0.252 e. The second-order valence-corrected chi connectivity index (χ2v) is 8.82. The van der Waals surface area contributed by atoms with Crippen molar-refractivity contribution >= 4 is 21.4 Å². The van der Waals surface area contributed by atoms with E-state index >= 15 is 0 Å². The van der Waals surface area contributed by atoms with Gasteiger partial charge < -0.3 is 5.11 Å². The van der Waals surface area contributed by atoms with Crippen LogP contribution in [0, 0.1) is 11.8 Å². The highest BCUT2D eigenvalue weighted by Crippen LogP contribution is 2.26. The molecular formula is C13H23NO3S2. The van der Waals surface area contributed by atoms with Gasteiger partial charge in [-0.1, -0.05) is 27.7 Å². The fourth-order valence-corrected chi connectivity index (χ4v) is 4.93. The van der Waals surface area contributed by atoms with E-state index in [4.69, 9.17) is 5.11 Å². The Labute approximate surface area is 120 Å². The van der Waals surface area contributed by atoms with Crippen molar-refractivity contribution in [3.05, 3.63) is 17.0 Å². The molecule has 1 rings (SSSR count). The Morgan fingerprint density at radius 3 is 2.05 bits per heavy atom. The third-order valence-electron chi connectivity index (χ3n) is 2.52. The topological polar surface area (TPSA) is 57.6 Å². The van der Waals surface area contributed by atoms with E-state index < -0.39 is 10.0 Å². The largest absolute Gasteiger partial charge is 0.391 e. The molecule has 0 radical (unpaired) electrons. The first-order valence-electron chi connectivity index (χ1n) is 6.47. The fourth-order valence-electron chi connectivity index (χ4n) is 1.79. The molecule has 0 unspecified atom stereocenters. The molecule has 1 heterocycles. The number of hydrogen-bond donors (Lipinski definition) is 1. The minimum atomic E-state index is -3.44. The molecule has 110 valence electrons. The zero-order chi connectivity index (χ0) is 14.6. The first-order chi connectivity index (χ1) is 8.77. The van der Waals surface area contributed by atoms with Crippen molar-refractivity contribution in [1.82, 2.24) is 4.31 Å². The van der Waals surface area contributed by atoms with Crippen LogP contribution >= 0.6 is 11.3 Å². The number of hydrogen-bond acceptors (Lipinski definition) is 4. The molecule has 19 heavy (non-hydrogen) atoms. The van der Waals surface area contributed by atoms with Crippen molar-refractivity contribution in [2.24, 2.45) is 11.8 Å². The molecule has 0 saturated carbocycles. The van der Waals surface area contributed by atoms with Crippen LogP contribution in [-0.4, -0.2) is 30.9 Å². The van der Waals surface area contributed by atoms with Crippen LogP contribution in [0.3, 0.4) is 0 Å². The third kappa shape index (κ3) is 4.56. The zero-order valence-electron chi connectivity index (χ0n) is 12.0. The minimum absolute atomic E-state index is 0.117. The Balaban J connectivity index is 3.03. The Morgan fingerprint density at radius 2 is 1.68 bits per heavy atom. The normalized spacial score (nSPS) is 12.8. The molecule has 0 aliphatic heterocycles. The summed E-state index contributed by atoms with van der Waals surface area (Å²) in [6.45, 7) is 8.97. The van der Waals surface area contributed by atoms with Crippen molar-refractivity contribution in [3.8, 4) is 0 Å². The predicted molar refractivity (Wildman–Crippen MR) is 78.7 cm³/mol. The van der Waals surface area contributed by atoms with Gasteiger partial charge in [-0.3, -0.25) is 0 Å². The van der Waals surface area contributed by atoms with E-state index in [1.807, 2.05) is 27.7 Å². The molecule has 0 aliphatic rings. The van der Waals surface area contributed by atoms with Crippen LogP contribution < -0.4 is 0 Å². The lowest BCUT2D eigenvalue weighted by molar-refractivity contribution is 0.285. The average molecular weight is 305 g/mol. The van der Waals surface area contributed by atoms with Crippen LogP contribution in [0.15, 0.2) is 16.3 Å². The summed E-state index contributed by atoms with van der Waals surface area (Å²) in [6, 6.07) is 3.25. The van der Waals surface area contributed by atoms with Crippen LogP contribution in [-0.2, 0) is 16.6 Å². The summed E-state index contributed by atoms with van der Waals surface area (Å²) >= 11 is 1.14. The number of thiophene rings is 1. The van der Waals surface area contributed by atoms with Crippen LogP contribution in [0.4, 0.5) is 0 Å². The Morgan fingerprint density at radius 1 is 1.16 bits per heavy atom. The van der Waals surface area contributed by atoms with Gasteiger partial charge in [0.05, 0.1) is 6.61 Å². The van der Waals surface area contributed by atoms with Gasteiger partial charge in [-0.25, -0.2) is 8.42 Å². The lowest BCUT2D eigenvalue weighted by Crippen LogP contribution is -2.36. The summed E-state index contributed by atoms with van der Waals surface area (Å²) in [5.41, 5.74) is 0. The van der Waals surface area contributed by atoms with Crippen LogP contribution in [0.25, 0.3) is 0 Å². The van der Waals surface area contributed by atoms with Crippen molar-refractivity contribution in [1.29, 1.82) is 0 Å². The maximum atomic E-state index is 12.6. The van der Waals surface area contributed by atoms with Crippen molar-refractivity contribution in [3.63, 3.8) is 0 Å². The lowest BCUT2D eigenvalue weighted by Gasteiger charge is -2.24. The van der Waals surface area contributed by atoms with E-state index in [2.05, 4.69) is 0 Å². The highest BCUT2D eigenvalue weighted by atomic mass is 32.2. The summed E-state index contributed by atoms with van der Waals surface area (Å²) in [5, 5.41) is 9.05. The summed E-state index contributed by atoms with van der Waals surface area (Å²) in [4.78, 5) is 0.674. The SMILES string of the molecule is CC(C)CN(CC(C)C)S(=O)(=O)c1ccc(CO)s1. The zero-order valence-corrected chi connectivity index (χ0v) is 13.6. The smallest absolute Gasteiger partial charge is 0.252 e. The van der Waals surface area contributed by atoms with Crippen molar-refractivity contribution in [2.45, 2.75) is 38.5 Å². The van der Waals surface area contributed by atoms with Crippen molar-refractivity contribution < 1.29 is 13.5 Å². The second-order valence-electron chi connectivity index (χ2n) is 5.49. The van der Waals surface area contributed by atoms with Crippen LogP contribution in [0.2, 0.25) is 0 Å². The second kappa shape index (κ2) is 6.83. The Kier molecular flexibility index (Phi) is 5.98. The van der Waals surface area contributed by atoms with Crippen LogP contribution in [0.5, 0.6) is 0 Å². The molecule has 0 amide bonds. The number of aliphatic hydroxyl groups is 1. The first-order valence-corrected chi connectivity index (χ1v) is 8.72. The monoisotopic (exact) mass is 305 g/mol. The lowest BCUT2D eigenvalue weighted by atomic mass is 10.2. The molecule has 0 fully saturated rings. The van der Waals surface area contributed by atoms with Crippen molar-refractivity contribution in [2.75, 3.05) is 13.1 Å². The summed E-state index contributed by atoms with van der Waals surface area (Å²) in [7, 11) is -3.44. The molecule has 0 atom stereocenters. The molecule has 0 aromatic carbocycles. The Hall–Kier alpha value is -0.430. The number of nitrogens with zero attached hydrogens (tertiary/aromatic N) is 1. The van der Waals surface area contributed by atoms with E-state index in [-0.39, 0.29) is 18.4 Å². The average Bonchev–Trinajstić information content (AvgIpc) is 2.75. The maximum absolute atomic E-state index is 12.6.